The molecule has 0 saturated carbocycles. The molecule has 21 heavy (non-hydrogen) atoms. The SMILES string of the molecule is O=C1CCC(N2Cc3c(cccc3C3=NC3)C2=O)C(=O)N1. The van der Waals surface area contributed by atoms with E-state index in [-0.39, 0.29) is 24.1 Å². The van der Waals surface area contributed by atoms with Crippen LogP contribution in [0.2, 0.25) is 0 Å². The number of nitrogens with one attached hydrogen (secondary N) is 1. The molecule has 6 nitrogen and oxygen atoms in total. The van der Waals surface area contributed by atoms with Crippen molar-refractivity contribution in [3.05, 3.63) is 34.9 Å². The van der Waals surface area contributed by atoms with Gasteiger partial charge in [0.05, 0.1) is 12.3 Å². The minimum absolute atomic E-state index is 0.136. The van der Waals surface area contributed by atoms with Gasteiger partial charge in [0, 0.05) is 24.1 Å². The Morgan fingerprint density at radius 2 is 1.95 bits per heavy atom. The molecule has 3 heterocycles. The van der Waals surface area contributed by atoms with E-state index in [1.807, 2.05) is 12.1 Å². The van der Waals surface area contributed by atoms with Crippen LogP contribution >= 0.6 is 0 Å². The fraction of sp³-hybridized carbons (Fsp3) is 0.333. The lowest BCUT2D eigenvalue weighted by molar-refractivity contribution is -0.136. The van der Waals surface area contributed by atoms with Crippen LogP contribution in [0.3, 0.4) is 0 Å². The molecule has 1 N–H and O–H groups in total. The zero-order valence-corrected chi connectivity index (χ0v) is 11.3. The first kappa shape index (κ1) is 12.3. The number of rotatable bonds is 2. The second-order valence-corrected chi connectivity index (χ2v) is 5.49. The molecule has 3 aliphatic heterocycles. The normalized spacial score (nSPS) is 23.8. The van der Waals surface area contributed by atoms with Gasteiger partial charge in [-0.1, -0.05) is 12.1 Å². The van der Waals surface area contributed by atoms with Gasteiger partial charge >= 0.3 is 0 Å². The highest BCUT2D eigenvalue weighted by molar-refractivity contribution is 6.14. The van der Waals surface area contributed by atoms with Gasteiger partial charge in [-0.15, -0.1) is 0 Å². The standard InChI is InChI=1S/C15H13N3O3/c19-13-5-4-12(14(20)17-13)18-7-10-8(11-6-16-11)2-1-3-9(10)15(18)21/h1-3,12H,4-7H2,(H,17,19,20). The molecule has 1 unspecified atom stereocenters. The first-order chi connectivity index (χ1) is 10.1. The van der Waals surface area contributed by atoms with E-state index in [9.17, 15) is 14.4 Å². The number of carbonyl (C=O) groups excluding carboxylic acids is 3. The molecule has 106 valence electrons. The van der Waals surface area contributed by atoms with Crippen LogP contribution in [0.15, 0.2) is 23.2 Å². The highest BCUT2D eigenvalue weighted by Gasteiger charge is 2.40. The summed E-state index contributed by atoms with van der Waals surface area (Å²) in [6.07, 6.45) is 0.663. The molecule has 1 aromatic carbocycles. The van der Waals surface area contributed by atoms with E-state index in [2.05, 4.69) is 10.3 Å². The number of amides is 3. The average Bonchev–Trinajstić information content (AvgIpc) is 3.24. The molecule has 4 rings (SSSR count). The maximum absolute atomic E-state index is 12.5. The Labute approximate surface area is 120 Å². The monoisotopic (exact) mass is 283 g/mol. The Bertz CT molecular complexity index is 723. The van der Waals surface area contributed by atoms with E-state index in [0.717, 1.165) is 23.4 Å². The second kappa shape index (κ2) is 4.25. The van der Waals surface area contributed by atoms with Gasteiger partial charge in [-0.05, 0) is 18.1 Å². The van der Waals surface area contributed by atoms with Crippen molar-refractivity contribution in [3.8, 4) is 0 Å². The third-order valence-electron chi connectivity index (χ3n) is 4.21. The Hall–Kier alpha value is -2.50. The van der Waals surface area contributed by atoms with Crippen LogP contribution in [0.4, 0.5) is 0 Å². The quantitative estimate of drug-likeness (QED) is 0.790. The lowest BCUT2D eigenvalue weighted by Crippen LogP contribution is -2.52. The summed E-state index contributed by atoms with van der Waals surface area (Å²) in [7, 11) is 0. The molecule has 6 heteroatoms. The van der Waals surface area contributed by atoms with E-state index >= 15 is 0 Å². The van der Waals surface area contributed by atoms with Crippen molar-refractivity contribution in [2.45, 2.75) is 25.4 Å². The Balaban J connectivity index is 1.67. The van der Waals surface area contributed by atoms with E-state index in [4.69, 9.17) is 0 Å². The van der Waals surface area contributed by atoms with Crippen molar-refractivity contribution in [1.82, 2.24) is 10.2 Å². The number of nitrogens with zero attached hydrogens (tertiary/aromatic N) is 2. The van der Waals surface area contributed by atoms with Gasteiger partial charge in [-0.2, -0.15) is 0 Å². The fourth-order valence-corrected chi connectivity index (χ4v) is 3.07. The van der Waals surface area contributed by atoms with Gasteiger partial charge in [0.15, 0.2) is 0 Å². The van der Waals surface area contributed by atoms with Crippen LogP contribution < -0.4 is 5.32 Å². The van der Waals surface area contributed by atoms with Crippen LogP contribution in [0, 0.1) is 0 Å². The topological polar surface area (TPSA) is 78.8 Å². The highest BCUT2D eigenvalue weighted by Crippen LogP contribution is 2.31. The zero-order chi connectivity index (χ0) is 14.6. The zero-order valence-electron chi connectivity index (χ0n) is 11.3. The van der Waals surface area contributed by atoms with E-state index in [1.165, 1.54) is 0 Å². The van der Waals surface area contributed by atoms with Gasteiger partial charge in [-0.25, -0.2) is 0 Å². The van der Waals surface area contributed by atoms with Gasteiger partial charge in [0.1, 0.15) is 6.04 Å². The predicted octanol–water partition coefficient (Wildman–Crippen LogP) is 0.250. The summed E-state index contributed by atoms with van der Waals surface area (Å²) in [5.41, 5.74) is 3.62. The molecule has 0 spiro atoms. The van der Waals surface area contributed by atoms with E-state index in [1.54, 1.807) is 11.0 Å². The molecular formula is C15H13N3O3. The number of hydrogen-bond donors (Lipinski definition) is 1. The number of carbonyl (C=O) groups is 3. The van der Waals surface area contributed by atoms with Gasteiger partial charge in [0.25, 0.3) is 5.91 Å². The molecule has 3 aliphatic rings. The minimum Gasteiger partial charge on any atom is -0.322 e. The number of fused-ring (bicyclic) bond motifs is 1. The van der Waals surface area contributed by atoms with Crippen LogP contribution in [0.25, 0.3) is 0 Å². The third kappa shape index (κ3) is 1.86. The van der Waals surface area contributed by atoms with Crippen LogP contribution in [0.5, 0.6) is 0 Å². The van der Waals surface area contributed by atoms with Gasteiger partial charge in [0.2, 0.25) is 11.8 Å². The number of benzene rings is 1. The second-order valence-electron chi connectivity index (χ2n) is 5.49. The molecule has 0 bridgehead atoms. The largest absolute Gasteiger partial charge is 0.322 e. The summed E-state index contributed by atoms with van der Waals surface area (Å²) in [6.45, 7) is 1.14. The number of aliphatic imine (C=N–C) groups is 1. The number of hydrogen-bond acceptors (Lipinski definition) is 4. The summed E-state index contributed by atoms with van der Waals surface area (Å²) in [5.74, 6) is -0.784. The summed E-state index contributed by atoms with van der Waals surface area (Å²) in [4.78, 5) is 41.5. The smallest absolute Gasteiger partial charge is 0.255 e. The van der Waals surface area contributed by atoms with Crippen molar-refractivity contribution in [1.29, 1.82) is 0 Å². The number of piperidine rings is 1. The first-order valence-electron chi connectivity index (χ1n) is 6.95. The van der Waals surface area contributed by atoms with Gasteiger partial charge < -0.3 is 4.90 Å². The highest BCUT2D eigenvalue weighted by atomic mass is 16.2. The molecule has 1 atom stereocenters. The first-order valence-corrected chi connectivity index (χ1v) is 6.95. The van der Waals surface area contributed by atoms with Crippen molar-refractivity contribution in [2.75, 3.05) is 6.54 Å². The maximum atomic E-state index is 12.5. The number of imide groups is 1. The van der Waals surface area contributed by atoms with Crippen LogP contribution in [-0.4, -0.2) is 40.9 Å². The summed E-state index contributed by atoms with van der Waals surface area (Å²) < 4.78 is 0. The molecule has 0 aliphatic carbocycles. The Morgan fingerprint density at radius 1 is 1.19 bits per heavy atom. The molecule has 0 aromatic heterocycles. The van der Waals surface area contributed by atoms with Crippen molar-refractivity contribution >= 4 is 23.4 Å². The van der Waals surface area contributed by atoms with E-state index < -0.39 is 6.04 Å². The fourth-order valence-electron chi connectivity index (χ4n) is 3.07. The lowest BCUT2D eigenvalue weighted by Gasteiger charge is -2.29. The molecule has 1 saturated heterocycles. The van der Waals surface area contributed by atoms with Crippen LogP contribution in [-0.2, 0) is 16.1 Å². The third-order valence-corrected chi connectivity index (χ3v) is 4.21. The van der Waals surface area contributed by atoms with Crippen LogP contribution in [0.1, 0.15) is 34.3 Å². The van der Waals surface area contributed by atoms with Crippen molar-refractivity contribution in [3.63, 3.8) is 0 Å². The Morgan fingerprint density at radius 3 is 2.67 bits per heavy atom. The molecule has 0 radical (unpaired) electrons. The summed E-state index contributed by atoms with van der Waals surface area (Å²) in [5, 5.41) is 2.31. The molecule has 3 amide bonds. The molecule has 1 fully saturated rings. The molecule has 1 aromatic rings. The average molecular weight is 283 g/mol. The summed E-state index contributed by atoms with van der Waals surface area (Å²) in [6, 6.07) is 5.04. The van der Waals surface area contributed by atoms with E-state index in [0.29, 0.717) is 18.5 Å². The maximum Gasteiger partial charge on any atom is 0.255 e. The predicted molar refractivity (Wildman–Crippen MR) is 73.9 cm³/mol. The lowest BCUT2D eigenvalue weighted by atomic mass is 10.0. The van der Waals surface area contributed by atoms with Gasteiger partial charge in [-0.3, -0.25) is 24.7 Å². The van der Waals surface area contributed by atoms with Crippen molar-refractivity contribution < 1.29 is 14.4 Å². The molecular weight excluding hydrogens is 270 g/mol. The minimum atomic E-state index is -0.559. The van der Waals surface area contributed by atoms with Crippen molar-refractivity contribution in [2.24, 2.45) is 4.99 Å². The Kier molecular flexibility index (Phi) is 2.48. The summed E-state index contributed by atoms with van der Waals surface area (Å²) >= 11 is 0.